The number of nitrogens with zero attached hydrogens (tertiary/aromatic N) is 4. The maximum Gasteiger partial charge on any atom is 0.237 e. The van der Waals surface area contributed by atoms with Crippen LogP contribution < -0.4 is 4.90 Å². The molecule has 1 amide bonds. The van der Waals surface area contributed by atoms with E-state index in [-0.39, 0.29) is 17.1 Å². The average molecular weight is 421 g/mol. The van der Waals surface area contributed by atoms with Crippen molar-refractivity contribution >= 4 is 23.4 Å². The molecule has 0 aliphatic heterocycles. The Kier molecular flexibility index (Phi) is 6.77. The Balaban J connectivity index is 1.77. The lowest BCUT2D eigenvalue weighted by atomic mass is 9.87. The minimum Gasteiger partial charge on any atom is -0.315 e. The van der Waals surface area contributed by atoms with E-state index in [9.17, 15) is 4.79 Å². The third kappa shape index (κ3) is 5.00. The number of thioether (sulfide) groups is 1. The Morgan fingerprint density at radius 2 is 1.77 bits per heavy atom. The van der Waals surface area contributed by atoms with Gasteiger partial charge in [0.2, 0.25) is 5.91 Å². The highest BCUT2D eigenvalue weighted by Crippen LogP contribution is 2.28. The SMILES string of the molecule is C=CCn1c(SCC(=O)N(C)c2ccccc2)nnc1-c1ccc(C(C)(C)C)cc1. The average Bonchev–Trinajstić information content (AvgIpc) is 3.14. The molecule has 0 N–H and O–H groups in total. The first-order valence-electron chi connectivity index (χ1n) is 9.90. The first-order chi connectivity index (χ1) is 14.3. The number of allylic oxidation sites excluding steroid dienone is 1. The normalized spacial score (nSPS) is 11.3. The maximum atomic E-state index is 12.6. The van der Waals surface area contributed by atoms with Crippen LogP contribution in [0.3, 0.4) is 0 Å². The highest BCUT2D eigenvalue weighted by atomic mass is 32.2. The number of hydrogen-bond donors (Lipinski definition) is 0. The van der Waals surface area contributed by atoms with Crippen molar-refractivity contribution in [3.63, 3.8) is 0 Å². The quantitative estimate of drug-likeness (QED) is 0.390. The van der Waals surface area contributed by atoms with E-state index in [1.54, 1.807) is 11.9 Å². The molecule has 3 aromatic rings. The second-order valence-corrected chi connectivity index (χ2v) is 9.05. The fourth-order valence-corrected chi connectivity index (χ4v) is 3.90. The van der Waals surface area contributed by atoms with Crippen LogP contribution in [-0.2, 0) is 16.8 Å². The molecule has 0 spiro atoms. The fraction of sp³-hybridized carbons (Fsp3) is 0.292. The lowest BCUT2D eigenvalue weighted by Gasteiger charge is -2.19. The summed E-state index contributed by atoms with van der Waals surface area (Å²) in [5.41, 5.74) is 3.23. The number of para-hydroxylation sites is 1. The molecule has 0 atom stereocenters. The van der Waals surface area contributed by atoms with Gasteiger partial charge in [-0.05, 0) is 23.1 Å². The molecule has 0 radical (unpaired) electrons. The van der Waals surface area contributed by atoms with Crippen molar-refractivity contribution in [1.82, 2.24) is 14.8 Å². The van der Waals surface area contributed by atoms with Gasteiger partial charge in [0, 0.05) is 24.8 Å². The molecule has 0 unspecified atom stereocenters. The third-order valence-corrected chi connectivity index (χ3v) is 5.83. The molecule has 0 aliphatic carbocycles. The van der Waals surface area contributed by atoms with Gasteiger partial charge in [-0.15, -0.1) is 16.8 Å². The van der Waals surface area contributed by atoms with Gasteiger partial charge < -0.3 is 4.90 Å². The summed E-state index contributed by atoms with van der Waals surface area (Å²) in [5, 5.41) is 9.45. The van der Waals surface area contributed by atoms with Crippen LogP contribution in [0.4, 0.5) is 5.69 Å². The predicted octanol–water partition coefficient (Wildman–Crippen LogP) is 5.18. The number of aromatic nitrogens is 3. The lowest BCUT2D eigenvalue weighted by molar-refractivity contribution is -0.115. The standard InChI is InChI=1S/C24H28N4OS/c1-6-16-28-22(18-12-14-19(15-13-18)24(2,3)4)25-26-23(28)30-17-21(29)27(5)20-10-8-7-9-11-20/h6-15H,1,16-17H2,2-5H3. The molecule has 0 aliphatic rings. The summed E-state index contributed by atoms with van der Waals surface area (Å²) in [6, 6.07) is 18.0. The summed E-state index contributed by atoms with van der Waals surface area (Å²) in [6.45, 7) is 11.0. The first-order valence-corrected chi connectivity index (χ1v) is 10.9. The summed E-state index contributed by atoms with van der Waals surface area (Å²) in [7, 11) is 1.79. The van der Waals surface area contributed by atoms with Crippen molar-refractivity contribution in [2.24, 2.45) is 0 Å². The third-order valence-electron chi connectivity index (χ3n) is 4.88. The monoisotopic (exact) mass is 420 g/mol. The van der Waals surface area contributed by atoms with E-state index >= 15 is 0 Å². The van der Waals surface area contributed by atoms with Crippen molar-refractivity contribution in [3.8, 4) is 11.4 Å². The van der Waals surface area contributed by atoms with Gasteiger partial charge in [-0.1, -0.05) is 81.1 Å². The minimum absolute atomic E-state index is 0.00966. The van der Waals surface area contributed by atoms with Crippen molar-refractivity contribution in [2.45, 2.75) is 37.9 Å². The summed E-state index contributed by atoms with van der Waals surface area (Å²) in [5.74, 6) is 1.07. The van der Waals surface area contributed by atoms with Gasteiger partial charge in [-0.25, -0.2) is 0 Å². The number of rotatable bonds is 7. The van der Waals surface area contributed by atoms with E-state index in [4.69, 9.17) is 0 Å². The molecule has 0 saturated heterocycles. The molecule has 0 bridgehead atoms. The van der Waals surface area contributed by atoms with E-state index in [1.807, 2.05) is 41.0 Å². The fourth-order valence-electron chi connectivity index (χ4n) is 3.04. The predicted molar refractivity (Wildman–Crippen MR) is 125 cm³/mol. The van der Waals surface area contributed by atoms with Gasteiger partial charge in [-0.2, -0.15) is 0 Å². The Labute approximate surface area is 182 Å². The number of amides is 1. The number of anilines is 1. The molecule has 5 nitrogen and oxygen atoms in total. The Morgan fingerprint density at radius 1 is 1.10 bits per heavy atom. The second-order valence-electron chi connectivity index (χ2n) is 8.11. The van der Waals surface area contributed by atoms with Crippen molar-refractivity contribution in [2.75, 3.05) is 17.7 Å². The molecule has 6 heteroatoms. The zero-order valence-corrected chi connectivity index (χ0v) is 18.8. The lowest BCUT2D eigenvalue weighted by Crippen LogP contribution is -2.27. The molecule has 3 rings (SSSR count). The highest BCUT2D eigenvalue weighted by Gasteiger charge is 2.18. The van der Waals surface area contributed by atoms with E-state index in [1.165, 1.54) is 17.3 Å². The Morgan fingerprint density at radius 3 is 2.37 bits per heavy atom. The van der Waals surface area contributed by atoms with Gasteiger partial charge in [0.1, 0.15) is 0 Å². The molecule has 0 fully saturated rings. The molecule has 1 heterocycles. The number of carbonyl (C=O) groups is 1. The van der Waals surface area contributed by atoms with Gasteiger partial charge in [0.25, 0.3) is 0 Å². The minimum atomic E-state index is 0.00966. The molecule has 30 heavy (non-hydrogen) atoms. The van der Waals surface area contributed by atoms with Crippen LogP contribution in [0.5, 0.6) is 0 Å². The topological polar surface area (TPSA) is 51.0 Å². The number of hydrogen-bond acceptors (Lipinski definition) is 4. The van der Waals surface area contributed by atoms with E-state index in [0.717, 1.165) is 17.1 Å². The molecular weight excluding hydrogens is 392 g/mol. The van der Waals surface area contributed by atoms with Crippen LogP contribution in [-0.4, -0.2) is 33.5 Å². The molecule has 1 aromatic heterocycles. The second kappa shape index (κ2) is 9.30. The van der Waals surface area contributed by atoms with Gasteiger partial charge >= 0.3 is 0 Å². The molecule has 2 aromatic carbocycles. The van der Waals surface area contributed by atoms with Crippen LogP contribution in [0, 0.1) is 0 Å². The first kappa shape index (κ1) is 21.8. The van der Waals surface area contributed by atoms with Gasteiger partial charge in [0.05, 0.1) is 5.75 Å². The number of benzene rings is 2. The van der Waals surface area contributed by atoms with Gasteiger partial charge in [0.15, 0.2) is 11.0 Å². The molecule has 156 valence electrons. The van der Waals surface area contributed by atoms with Crippen molar-refractivity contribution < 1.29 is 4.79 Å². The van der Waals surface area contributed by atoms with Crippen molar-refractivity contribution in [3.05, 3.63) is 72.8 Å². The van der Waals surface area contributed by atoms with Crippen LogP contribution in [0.25, 0.3) is 11.4 Å². The van der Waals surface area contributed by atoms with Gasteiger partial charge in [-0.3, -0.25) is 9.36 Å². The van der Waals surface area contributed by atoms with Crippen LogP contribution in [0.2, 0.25) is 0 Å². The van der Waals surface area contributed by atoms with Crippen LogP contribution >= 0.6 is 11.8 Å². The number of carbonyl (C=O) groups excluding carboxylic acids is 1. The smallest absolute Gasteiger partial charge is 0.237 e. The zero-order valence-electron chi connectivity index (χ0n) is 18.0. The highest BCUT2D eigenvalue weighted by molar-refractivity contribution is 7.99. The van der Waals surface area contributed by atoms with Crippen LogP contribution in [0.1, 0.15) is 26.3 Å². The van der Waals surface area contributed by atoms with Crippen LogP contribution in [0.15, 0.2) is 72.4 Å². The summed E-state index contributed by atoms with van der Waals surface area (Å²) in [6.07, 6.45) is 1.82. The largest absolute Gasteiger partial charge is 0.315 e. The van der Waals surface area contributed by atoms with E-state index in [2.05, 4.69) is 61.8 Å². The summed E-state index contributed by atoms with van der Waals surface area (Å²) < 4.78 is 2.00. The summed E-state index contributed by atoms with van der Waals surface area (Å²) in [4.78, 5) is 14.3. The Hall–Kier alpha value is -2.86. The van der Waals surface area contributed by atoms with E-state index in [0.29, 0.717) is 11.7 Å². The van der Waals surface area contributed by atoms with Crippen molar-refractivity contribution in [1.29, 1.82) is 0 Å². The molecular formula is C24H28N4OS. The molecule has 0 saturated carbocycles. The maximum absolute atomic E-state index is 12.6. The summed E-state index contributed by atoms with van der Waals surface area (Å²) >= 11 is 1.39. The zero-order chi connectivity index (χ0) is 21.7. The Bertz CT molecular complexity index is 1000. The van der Waals surface area contributed by atoms with E-state index < -0.39 is 0 Å².